The lowest BCUT2D eigenvalue weighted by atomic mass is 9.84. The average molecular weight is 470 g/mol. The Morgan fingerprint density at radius 3 is 2.65 bits per heavy atom. The number of ketones is 1. The largest absolute Gasteiger partial charge is 0.508 e. The van der Waals surface area contributed by atoms with Crippen molar-refractivity contribution in [3.05, 3.63) is 59.4 Å². The van der Waals surface area contributed by atoms with E-state index in [1.54, 1.807) is 6.07 Å². The Balaban J connectivity index is 1.46. The second-order valence-electron chi connectivity index (χ2n) is 9.26. The van der Waals surface area contributed by atoms with Gasteiger partial charge in [0, 0.05) is 29.9 Å². The highest BCUT2D eigenvalue weighted by molar-refractivity contribution is 5.97. The number of aromatic hydroxyl groups is 1. The van der Waals surface area contributed by atoms with Crippen molar-refractivity contribution in [3.8, 4) is 5.75 Å². The Hall–Kier alpha value is -2.93. The van der Waals surface area contributed by atoms with Crippen molar-refractivity contribution >= 4 is 17.5 Å². The van der Waals surface area contributed by atoms with E-state index >= 15 is 0 Å². The van der Waals surface area contributed by atoms with Crippen LogP contribution in [-0.4, -0.2) is 47.5 Å². The summed E-state index contributed by atoms with van der Waals surface area (Å²) in [5, 5.41) is 15.3. The third-order valence-electron chi connectivity index (χ3n) is 6.48. The molecule has 3 N–H and O–H groups in total. The van der Waals surface area contributed by atoms with Gasteiger partial charge in [-0.25, -0.2) is 9.18 Å². The molecular formula is C27H36FN3O3. The van der Waals surface area contributed by atoms with Crippen LogP contribution in [0.15, 0.2) is 42.5 Å². The molecule has 0 bridgehead atoms. The number of likely N-dealkylation sites (tertiary alicyclic amines) is 1. The molecule has 1 fully saturated rings. The third kappa shape index (κ3) is 7.83. The first kappa shape index (κ1) is 25.7. The summed E-state index contributed by atoms with van der Waals surface area (Å²) in [6.07, 6.45) is 6.22. The molecule has 0 spiro atoms. The van der Waals surface area contributed by atoms with Gasteiger partial charge in [-0.2, -0.15) is 0 Å². The molecule has 1 aliphatic rings. The van der Waals surface area contributed by atoms with Crippen molar-refractivity contribution in [2.75, 3.05) is 25.0 Å². The lowest BCUT2D eigenvalue weighted by Crippen LogP contribution is -2.43. The van der Waals surface area contributed by atoms with Crippen LogP contribution in [-0.2, 0) is 6.42 Å². The third-order valence-corrected chi connectivity index (χ3v) is 6.48. The molecule has 2 amide bonds. The number of phenols is 1. The SMILES string of the molecule is CCCN1CCC(Cc2ccc(F)cc2)C[C@@H]1CCCNC(=O)Nc1cc(O)cc(C(C)=O)c1. The lowest BCUT2D eigenvalue weighted by Gasteiger charge is -2.40. The van der Waals surface area contributed by atoms with Crippen LogP contribution in [0.2, 0.25) is 0 Å². The molecule has 3 rings (SSSR count). The van der Waals surface area contributed by atoms with Crippen molar-refractivity contribution in [2.24, 2.45) is 5.92 Å². The number of nitrogens with zero attached hydrogens (tertiary/aromatic N) is 1. The minimum Gasteiger partial charge on any atom is -0.508 e. The fraction of sp³-hybridized carbons (Fsp3) is 0.481. The van der Waals surface area contributed by atoms with E-state index < -0.39 is 0 Å². The fourth-order valence-electron chi connectivity index (χ4n) is 4.81. The summed E-state index contributed by atoms with van der Waals surface area (Å²) in [4.78, 5) is 26.4. The molecule has 0 aromatic heterocycles. The molecular weight excluding hydrogens is 433 g/mol. The van der Waals surface area contributed by atoms with Crippen LogP contribution in [0.1, 0.15) is 61.9 Å². The number of rotatable bonds is 10. The number of urea groups is 1. The van der Waals surface area contributed by atoms with Gasteiger partial charge >= 0.3 is 6.03 Å². The Morgan fingerprint density at radius 1 is 1.18 bits per heavy atom. The van der Waals surface area contributed by atoms with Crippen LogP contribution in [0.5, 0.6) is 5.75 Å². The molecule has 1 heterocycles. The van der Waals surface area contributed by atoms with Gasteiger partial charge in [-0.1, -0.05) is 19.1 Å². The van der Waals surface area contributed by atoms with Gasteiger partial charge in [-0.05, 0) is 94.3 Å². The van der Waals surface area contributed by atoms with Crippen LogP contribution in [0, 0.1) is 11.7 Å². The zero-order chi connectivity index (χ0) is 24.5. The summed E-state index contributed by atoms with van der Waals surface area (Å²) in [6.45, 7) is 6.32. The number of nitrogens with one attached hydrogen (secondary N) is 2. The fourth-order valence-corrected chi connectivity index (χ4v) is 4.81. The molecule has 6 nitrogen and oxygen atoms in total. The average Bonchev–Trinajstić information content (AvgIpc) is 2.79. The van der Waals surface area contributed by atoms with Gasteiger partial charge in [0.2, 0.25) is 0 Å². The molecule has 2 aromatic carbocycles. The molecule has 1 unspecified atom stereocenters. The van der Waals surface area contributed by atoms with Crippen molar-refractivity contribution in [2.45, 2.75) is 58.4 Å². The highest BCUT2D eigenvalue weighted by Gasteiger charge is 2.27. The van der Waals surface area contributed by atoms with E-state index in [9.17, 15) is 19.1 Å². The standard InChI is InChI=1S/C27H36FN3O3/c1-3-12-31-13-10-21(14-20-6-8-23(28)9-7-20)15-25(31)5-4-11-29-27(34)30-24-16-22(19(2)32)17-26(33)18-24/h6-9,16-18,21,25,33H,3-5,10-15H2,1-2H3,(H2,29,30,34)/t21?,25-/m0/s1. The van der Waals surface area contributed by atoms with Crippen LogP contribution in [0.25, 0.3) is 0 Å². The summed E-state index contributed by atoms with van der Waals surface area (Å²) < 4.78 is 13.2. The van der Waals surface area contributed by atoms with Gasteiger partial charge in [0.15, 0.2) is 5.78 Å². The number of hydrogen-bond donors (Lipinski definition) is 3. The maximum atomic E-state index is 13.2. The van der Waals surface area contributed by atoms with Gasteiger partial charge in [0.25, 0.3) is 0 Å². The quantitative estimate of drug-likeness (QED) is 0.323. The van der Waals surface area contributed by atoms with Gasteiger partial charge in [0.1, 0.15) is 11.6 Å². The van der Waals surface area contributed by atoms with Gasteiger partial charge in [-0.15, -0.1) is 0 Å². The van der Waals surface area contributed by atoms with Crippen molar-refractivity contribution < 1.29 is 19.1 Å². The van der Waals surface area contributed by atoms with Gasteiger partial charge in [0.05, 0.1) is 0 Å². The summed E-state index contributed by atoms with van der Waals surface area (Å²) in [5.74, 6) is 0.146. The molecule has 1 aliphatic heterocycles. The zero-order valence-electron chi connectivity index (χ0n) is 20.1. The number of carbonyl (C=O) groups is 2. The molecule has 34 heavy (non-hydrogen) atoms. The minimum absolute atomic E-state index is 0.0634. The first-order valence-electron chi connectivity index (χ1n) is 12.2. The highest BCUT2D eigenvalue weighted by atomic mass is 19.1. The molecule has 2 aromatic rings. The number of hydrogen-bond acceptors (Lipinski definition) is 4. The normalized spacial score (nSPS) is 18.4. The predicted molar refractivity (Wildman–Crippen MR) is 133 cm³/mol. The summed E-state index contributed by atoms with van der Waals surface area (Å²) in [5.41, 5.74) is 1.92. The number of carbonyl (C=O) groups excluding carboxylic acids is 2. The number of phenolic OH excluding ortho intramolecular Hbond substituents is 1. The van der Waals surface area contributed by atoms with E-state index in [0.29, 0.717) is 29.8 Å². The zero-order valence-corrected chi connectivity index (χ0v) is 20.1. The van der Waals surface area contributed by atoms with E-state index in [1.165, 1.54) is 36.8 Å². The van der Waals surface area contributed by atoms with Crippen LogP contribution in [0.3, 0.4) is 0 Å². The Labute approximate surface area is 201 Å². The number of amides is 2. The smallest absolute Gasteiger partial charge is 0.319 e. The summed E-state index contributed by atoms with van der Waals surface area (Å²) in [7, 11) is 0. The Kier molecular flexibility index (Phi) is 9.45. The molecule has 2 atom stereocenters. The van der Waals surface area contributed by atoms with E-state index in [-0.39, 0.29) is 23.4 Å². The molecule has 7 heteroatoms. The first-order chi connectivity index (χ1) is 16.3. The molecule has 184 valence electrons. The monoisotopic (exact) mass is 469 g/mol. The number of benzene rings is 2. The van der Waals surface area contributed by atoms with E-state index in [1.807, 2.05) is 12.1 Å². The number of piperidine rings is 1. The van der Waals surface area contributed by atoms with E-state index in [2.05, 4.69) is 22.5 Å². The second kappa shape index (κ2) is 12.5. The van der Waals surface area contributed by atoms with E-state index in [4.69, 9.17) is 0 Å². The molecule has 0 saturated carbocycles. The molecule has 1 saturated heterocycles. The topological polar surface area (TPSA) is 81.7 Å². The summed E-state index contributed by atoms with van der Waals surface area (Å²) >= 11 is 0. The first-order valence-corrected chi connectivity index (χ1v) is 12.2. The van der Waals surface area contributed by atoms with Crippen LogP contribution < -0.4 is 10.6 Å². The van der Waals surface area contributed by atoms with E-state index in [0.717, 1.165) is 51.6 Å². The molecule has 0 radical (unpaired) electrons. The van der Waals surface area contributed by atoms with Crippen molar-refractivity contribution in [3.63, 3.8) is 0 Å². The Morgan fingerprint density at radius 2 is 1.94 bits per heavy atom. The Bertz CT molecular complexity index is 964. The highest BCUT2D eigenvalue weighted by Crippen LogP contribution is 2.29. The van der Waals surface area contributed by atoms with Crippen molar-refractivity contribution in [1.29, 1.82) is 0 Å². The van der Waals surface area contributed by atoms with Crippen LogP contribution in [0.4, 0.5) is 14.9 Å². The summed E-state index contributed by atoms with van der Waals surface area (Å²) in [6, 6.07) is 11.3. The number of halogens is 1. The van der Waals surface area contributed by atoms with Crippen LogP contribution >= 0.6 is 0 Å². The number of Topliss-reactive ketones (excluding diaryl/α,β-unsaturated/α-hetero) is 1. The maximum Gasteiger partial charge on any atom is 0.319 e. The number of anilines is 1. The maximum absolute atomic E-state index is 13.2. The lowest BCUT2D eigenvalue weighted by molar-refractivity contribution is 0.101. The minimum atomic E-state index is -0.358. The van der Waals surface area contributed by atoms with Crippen molar-refractivity contribution in [1.82, 2.24) is 10.2 Å². The van der Waals surface area contributed by atoms with Gasteiger partial charge in [-0.3, -0.25) is 4.79 Å². The predicted octanol–water partition coefficient (Wildman–Crippen LogP) is 5.37. The molecule has 0 aliphatic carbocycles. The van der Waals surface area contributed by atoms with Gasteiger partial charge < -0.3 is 20.6 Å². The second-order valence-corrected chi connectivity index (χ2v) is 9.26.